The highest BCUT2D eigenvalue weighted by Crippen LogP contribution is 2.28. The molecule has 0 fully saturated rings. The molecule has 4 nitrogen and oxygen atoms in total. The molecule has 0 bridgehead atoms. The number of benzene rings is 1. The van der Waals surface area contributed by atoms with E-state index in [0.717, 1.165) is 48.6 Å². The van der Waals surface area contributed by atoms with Crippen molar-refractivity contribution in [3.63, 3.8) is 0 Å². The van der Waals surface area contributed by atoms with Crippen LogP contribution >= 0.6 is 0 Å². The van der Waals surface area contributed by atoms with Crippen molar-refractivity contribution in [1.82, 2.24) is 5.32 Å². The molecule has 4 heteroatoms. The van der Waals surface area contributed by atoms with Gasteiger partial charge in [0.05, 0.1) is 19.8 Å². The first-order valence-electron chi connectivity index (χ1n) is 7.08. The first-order valence-corrected chi connectivity index (χ1v) is 7.08. The second-order valence-corrected chi connectivity index (χ2v) is 5.04. The number of methoxy groups -OCH3 is 1. The van der Waals surface area contributed by atoms with E-state index in [1.807, 2.05) is 18.2 Å². The largest absolute Gasteiger partial charge is 0.493 e. The third-order valence-electron chi connectivity index (χ3n) is 3.03. The topological polar surface area (TPSA) is 43.6 Å². The summed E-state index contributed by atoms with van der Waals surface area (Å²) in [5, 5.41) is 4.43. The van der Waals surface area contributed by atoms with Crippen molar-refractivity contribution in [1.29, 1.82) is 0 Å². The monoisotopic (exact) mass is 277 g/mol. The van der Waals surface area contributed by atoms with Gasteiger partial charge in [-0.05, 0) is 38.9 Å². The molecule has 0 amide bonds. The molecule has 0 aliphatic heterocycles. The van der Waals surface area contributed by atoms with Crippen LogP contribution in [-0.2, 0) is 11.3 Å². The van der Waals surface area contributed by atoms with Crippen LogP contribution in [0, 0.1) is 0 Å². The zero-order valence-electron chi connectivity index (χ0n) is 12.4. The fraction of sp³-hybridized carbons (Fsp3) is 0.500. The maximum Gasteiger partial charge on any atom is 0.176 e. The van der Waals surface area contributed by atoms with Crippen LogP contribution in [0.15, 0.2) is 28.7 Å². The highest BCUT2D eigenvalue weighted by molar-refractivity contribution is 5.83. The minimum absolute atomic E-state index is 0.304. The van der Waals surface area contributed by atoms with Gasteiger partial charge in [-0.3, -0.25) is 0 Å². The van der Waals surface area contributed by atoms with Crippen molar-refractivity contribution in [2.45, 2.75) is 32.9 Å². The molecule has 0 spiro atoms. The predicted molar refractivity (Wildman–Crippen MR) is 80.2 cm³/mol. The maximum absolute atomic E-state index is 5.82. The molecule has 0 radical (unpaired) electrons. The Labute approximate surface area is 120 Å². The van der Waals surface area contributed by atoms with Gasteiger partial charge in [-0.25, -0.2) is 0 Å². The van der Waals surface area contributed by atoms with Gasteiger partial charge in [0.1, 0.15) is 5.76 Å². The Kier molecular flexibility index (Phi) is 5.44. The summed E-state index contributed by atoms with van der Waals surface area (Å²) in [7, 11) is 1.66. The minimum atomic E-state index is 0.304. The molecular weight excluding hydrogens is 254 g/mol. The number of furan rings is 1. The summed E-state index contributed by atoms with van der Waals surface area (Å²) in [4.78, 5) is 0. The summed E-state index contributed by atoms with van der Waals surface area (Å²) >= 11 is 0. The number of fused-ring (bicyclic) bond motifs is 1. The van der Waals surface area contributed by atoms with E-state index < -0.39 is 0 Å². The Bertz CT molecular complexity index is 534. The van der Waals surface area contributed by atoms with E-state index in [1.54, 1.807) is 7.11 Å². The molecule has 2 rings (SSSR count). The van der Waals surface area contributed by atoms with Crippen molar-refractivity contribution in [2.75, 3.05) is 20.3 Å². The summed E-state index contributed by atoms with van der Waals surface area (Å²) in [6.45, 7) is 6.53. The van der Waals surface area contributed by atoms with Crippen molar-refractivity contribution >= 4 is 11.0 Å². The molecule has 0 saturated heterocycles. The van der Waals surface area contributed by atoms with Gasteiger partial charge in [0.2, 0.25) is 0 Å². The molecule has 20 heavy (non-hydrogen) atoms. The fourth-order valence-electron chi connectivity index (χ4n) is 2.07. The quantitative estimate of drug-likeness (QED) is 0.752. The van der Waals surface area contributed by atoms with Gasteiger partial charge in [-0.1, -0.05) is 12.1 Å². The van der Waals surface area contributed by atoms with Gasteiger partial charge in [0, 0.05) is 12.0 Å². The average molecular weight is 277 g/mol. The van der Waals surface area contributed by atoms with E-state index in [4.69, 9.17) is 13.9 Å². The Balaban J connectivity index is 1.82. The summed E-state index contributed by atoms with van der Waals surface area (Å²) < 4.78 is 16.6. The third kappa shape index (κ3) is 3.99. The SMILES string of the molecule is COc1cccc2cc(CNCCCOC(C)C)oc12. The van der Waals surface area contributed by atoms with Crippen molar-refractivity contribution in [3.05, 3.63) is 30.0 Å². The van der Waals surface area contributed by atoms with E-state index in [0.29, 0.717) is 6.10 Å². The van der Waals surface area contributed by atoms with Crippen LogP contribution in [0.3, 0.4) is 0 Å². The van der Waals surface area contributed by atoms with Crippen LogP contribution in [0.25, 0.3) is 11.0 Å². The Morgan fingerprint density at radius 1 is 1.30 bits per heavy atom. The molecule has 1 aromatic carbocycles. The maximum atomic E-state index is 5.82. The van der Waals surface area contributed by atoms with E-state index in [1.165, 1.54) is 0 Å². The number of para-hydroxylation sites is 1. The molecular formula is C16H23NO3. The Morgan fingerprint density at radius 2 is 2.15 bits per heavy atom. The highest BCUT2D eigenvalue weighted by Gasteiger charge is 2.07. The first kappa shape index (κ1) is 14.9. The summed E-state index contributed by atoms with van der Waals surface area (Å²) in [5.41, 5.74) is 0.815. The summed E-state index contributed by atoms with van der Waals surface area (Å²) in [6, 6.07) is 7.96. The lowest BCUT2D eigenvalue weighted by Gasteiger charge is -2.07. The lowest BCUT2D eigenvalue weighted by molar-refractivity contribution is 0.0770. The van der Waals surface area contributed by atoms with Gasteiger partial charge in [0.25, 0.3) is 0 Å². The number of nitrogens with one attached hydrogen (secondary N) is 1. The molecule has 0 unspecified atom stereocenters. The van der Waals surface area contributed by atoms with E-state index in [-0.39, 0.29) is 0 Å². The van der Waals surface area contributed by atoms with Gasteiger partial charge >= 0.3 is 0 Å². The number of ether oxygens (including phenoxy) is 2. The van der Waals surface area contributed by atoms with Gasteiger partial charge in [0.15, 0.2) is 11.3 Å². The van der Waals surface area contributed by atoms with Crippen molar-refractivity contribution in [2.24, 2.45) is 0 Å². The van der Waals surface area contributed by atoms with Crippen LogP contribution in [0.2, 0.25) is 0 Å². The smallest absolute Gasteiger partial charge is 0.176 e. The van der Waals surface area contributed by atoms with Gasteiger partial charge in [-0.15, -0.1) is 0 Å². The lowest BCUT2D eigenvalue weighted by Crippen LogP contribution is -2.17. The minimum Gasteiger partial charge on any atom is -0.493 e. The van der Waals surface area contributed by atoms with Crippen LogP contribution in [0.5, 0.6) is 5.75 Å². The van der Waals surface area contributed by atoms with Crippen molar-refractivity contribution < 1.29 is 13.9 Å². The number of hydrogen-bond donors (Lipinski definition) is 1. The fourth-order valence-corrected chi connectivity index (χ4v) is 2.07. The molecule has 0 saturated carbocycles. The summed E-state index contributed by atoms with van der Waals surface area (Å²) in [5.74, 6) is 1.70. The molecule has 0 aliphatic carbocycles. The van der Waals surface area contributed by atoms with Gasteiger partial charge in [-0.2, -0.15) is 0 Å². The van der Waals surface area contributed by atoms with Crippen molar-refractivity contribution in [3.8, 4) is 5.75 Å². The standard InChI is InChI=1S/C16H23NO3/c1-12(2)19-9-5-8-17-11-14-10-13-6-4-7-15(18-3)16(13)20-14/h4,6-7,10,12,17H,5,8-9,11H2,1-3H3. The zero-order chi connectivity index (χ0) is 14.4. The molecule has 0 atom stereocenters. The highest BCUT2D eigenvalue weighted by atomic mass is 16.5. The van der Waals surface area contributed by atoms with E-state index in [9.17, 15) is 0 Å². The number of hydrogen-bond acceptors (Lipinski definition) is 4. The molecule has 0 aliphatic rings. The second-order valence-electron chi connectivity index (χ2n) is 5.04. The third-order valence-corrected chi connectivity index (χ3v) is 3.03. The van der Waals surface area contributed by atoms with E-state index in [2.05, 4.69) is 25.2 Å². The van der Waals surface area contributed by atoms with Gasteiger partial charge < -0.3 is 19.2 Å². The zero-order valence-corrected chi connectivity index (χ0v) is 12.4. The molecule has 1 heterocycles. The van der Waals surface area contributed by atoms with E-state index >= 15 is 0 Å². The normalized spacial score (nSPS) is 11.4. The summed E-state index contributed by atoms with van der Waals surface area (Å²) in [6.07, 6.45) is 1.31. The molecule has 2 aromatic rings. The second kappa shape index (κ2) is 7.31. The predicted octanol–water partition coefficient (Wildman–Crippen LogP) is 3.35. The number of rotatable bonds is 8. The molecule has 1 N–H and O–H groups in total. The van der Waals surface area contributed by atoms with Crippen LogP contribution < -0.4 is 10.1 Å². The lowest BCUT2D eigenvalue weighted by atomic mass is 10.2. The average Bonchev–Trinajstić information content (AvgIpc) is 2.84. The van der Waals surface area contributed by atoms with Crippen LogP contribution in [-0.4, -0.2) is 26.4 Å². The van der Waals surface area contributed by atoms with Crippen LogP contribution in [0.4, 0.5) is 0 Å². The Morgan fingerprint density at radius 3 is 2.90 bits per heavy atom. The molecule has 1 aromatic heterocycles. The Hall–Kier alpha value is -1.52. The first-order chi connectivity index (χ1) is 9.70. The van der Waals surface area contributed by atoms with Crippen LogP contribution in [0.1, 0.15) is 26.0 Å². The molecule has 110 valence electrons.